The number of rotatable bonds is 2. The molecule has 2 heterocycles. The van der Waals surface area contributed by atoms with Crippen LogP contribution in [0.25, 0.3) is 11.0 Å². The number of aromatic nitrogens is 4. The summed E-state index contributed by atoms with van der Waals surface area (Å²) in [4.78, 5) is 16.9. The molecule has 4 nitrogen and oxygen atoms in total. The second-order valence-electron chi connectivity index (χ2n) is 3.05. The first-order chi connectivity index (χ1) is 6.85. The normalized spacial score (nSPS) is 10.7. The number of fused-ring (bicyclic) bond motifs is 1. The van der Waals surface area contributed by atoms with E-state index in [9.17, 15) is 0 Å². The van der Waals surface area contributed by atoms with E-state index in [1.165, 1.54) is 6.33 Å². The summed E-state index contributed by atoms with van der Waals surface area (Å²) in [6.45, 7) is 4.12. The highest BCUT2D eigenvalue weighted by molar-refractivity contribution is 5.75. The van der Waals surface area contributed by atoms with Crippen molar-refractivity contribution in [2.24, 2.45) is 0 Å². The molecule has 4 heteroatoms. The van der Waals surface area contributed by atoms with Gasteiger partial charge in [0.25, 0.3) is 0 Å². The summed E-state index contributed by atoms with van der Waals surface area (Å²) in [5.74, 6) is 0.855. The fourth-order valence-corrected chi connectivity index (χ4v) is 1.41. The summed E-state index contributed by atoms with van der Waals surface area (Å²) >= 11 is 0. The van der Waals surface area contributed by atoms with E-state index < -0.39 is 0 Å². The summed E-state index contributed by atoms with van der Waals surface area (Å²) in [5, 5.41) is 0.965. The molecule has 0 aliphatic heterocycles. The summed E-state index contributed by atoms with van der Waals surface area (Å²) in [6.07, 6.45) is 5.03. The lowest BCUT2D eigenvalue weighted by Crippen LogP contribution is -2.00. The molecule has 0 aliphatic rings. The van der Waals surface area contributed by atoms with Crippen molar-refractivity contribution in [2.75, 3.05) is 0 Å². The van der Waals surface area contributed by atoms with Crippen molar-refractivity contribution in [3.8, 4) is 0 Å². The van der Waals surface area contributed by atoms with Crippen LogP contribution in [-0.4, -0.2) is 19.9 Å². The first kappa shape index (κ1) is 8.99. The van der Waals surface area contributed by atoms with Crippen molar-refractivity contribution >= 4 is 11.0 Å². The standard InChI is InChI=1S/C10H12N4/c1-3-8-7-5-11-6-12-10(7)14-9(4-2)13-8/h5-6H,3-4H2,1-2H3. The molecule has 0 spiro atoms. The fraction of sp³-hybridized carbons (Fsp3) is 0.400. The third-order valence-corrected chi connectivity index (χ3v) is 2.15. The molecule has 0 saturated heterocycles. The van der Waals surface area contributed by atoms with Gasteiger partial charge in [-0.25, -0.2) is 19.9 Å². The lowest BCUT2D eigenvalue weighted by atomic mass is 10.2. The Bertz CT molecular complexity index is 453. The van der Waals surface area contributed by atoms with Crippen molar-refractivity contribution in [2.45, 2.75) is 26.7 Å². The molecule has 0 fully saturated rings. The van der Waals surface area contributed by atoms with Crippen molar-refractivity contribution in [3.05, 3.63) is 24.0 Å². The van der Waals surface area contributed by atoms with E-state index in [1.54, 1.807) is 6.20 Å². The van der Waals surface area contributed by atoms with Gasteiger partial charge in [-0.3, -0.25) is 0 Å². The highest BCUT2D eigenvalue weighted by atomic mass is 15.0. The van der Waals surface area contributed by atoms with Crippen molar-refractivity contribution in [3.63, 3.8) is 0 Å². The third-order valence-electron chi connectivity index (χ3n) is 2.15. The molecule has 0 N–H and O–H groups in total. The number of hydrogen-bond donors (Lipinski definition) is 0. The number of hydrogen-bond acceptors (Lipinski definition) is 4. The molecule has 0 saturated carbocycles. The smallest absolute Gasteiger partial charge is 0.166 e. The van der Waals surface area contributed by atoms with E-state index >= 15 is 0 Å². The average Bonchev–Trinajstić information content (AvgIpc) is 2.27. The lowest BCUT2D eigenvalue weighted by Gasteiger charge is -2.03. The third kappa shape index (κ3) is 1.43. The Morgan fingerprint density at radius 1 is 1.14 bits per heavy atom. The van der Waals surface area contributed by atoms with Crippen LogP contribution in [0.1, 0.15) is 25.4 Å². The van der Waals surface area contributed by atoms with E-state index in [1.807, 2.05) is 6.92 Å². The van der Waals surface area contributed by atoms with Gasteiger partial charge >= 0.3 is 0 Å². The van der Waals surface area contributed by atoms with E-state index in [0.29, 0.717) is 0 Å². The van der Waals surface area contributed by atoms with Crippen LogP contribution in [0.4, 0.5) is 0 Å². The molecule has 2 rings (SSSR count). The van der Waals surface area contributed by atoms with Crippen LogP contribution in [0.15, 0.2) is 12.5 Å². The highest BCUT2D eigenvalue weighted by Gasteiger charge is 2.05. The van der Waals surface area contributed by atoms with Gasteiger partial charge in [-0.15, -0.1) is 0 Å². The van der Waals surface area contributed by atoms with Crippen LogP contribution in [0.5, 0.6) is 0 Å². The van der Waals surface area contributed by atoms with Gasteiger partial charge in [0, 0.05) is 12.6 Å². The Balaban J connectivity index is 2.73. The van der Waals surface area contributed by atoms with E-state index in [4.69, 9.17) is 0 Å². The molecule has 72 valence electrons. The summed E-state index contributed by atoms with van der Waals surface area (Å²) in [5.41, 5.74) is 1.79. The van der Waals surface area contributed by atoms with Crippen molar-refractivity contribution in [1.82, 2.24) is 19.9 Å². The molecule has 0 unspecified atom stereocenters. The van der Waals surface area contributed by atoms with Gasteiger partial charge in [0.05, 0.1) is 11.1 Å². The van der Waals surface area contributed by atoms with Gasteiger partial charge in [0.1, 0.15) is 12.2 Å². The zero-order valence-electron chi connectivity index (χ0n) is 8.36. The van der Waals surface area contributed by atoms with Gasteiger partial charge in [0.15, 0.2) is 5.65 Å². The Labute approximate surface area is 82.5 Å². The molecule has 0 radical (unpaired) electrons. The number of nitrogens with zero attached hydrogens (tertiary/aromatic N) is 4. The molecule has 0 aromatic carbocycles. The number of aryl methyl sites for hydroxylation is 2. The van der Waals surface area contributed by atoms with Crippen LogP contribution in [0.2, 0.25) is 0 Å². The fourth-order valence-electron chi connectivity index (χ4n) is 1.41. The molecule has 0 amide bonds. The van der Waals surface area contributed by atoms with E-state index in [-0.39, 0.29) is 0 Å². The van der Waals surface area contributed by atoms with Crippen molar-refractivity contribution in [1.29, 1.82) is 0 Å². The van der Waals surface area contributed by atoms with Crippen LogP contribution >= 0.6 is 0 Å². The maximum Gasteiger partial charge on any atom is 0.166 e. The highest BCUT2D eigenvalue weighted by Crippen LogP contribution is 2.12. The minimum atomic E-state index is 0.753. The monoisotopic (exact) mass is 188 g/mol. The first-order valence-corrected chi connectivity index (χ1v) is 4.80. The van der Waals surface area contributed by atoms with Gasteiger partial charge in [-0.1, -0.05) is 13.8 Å². The summed E-state index contributed by atoms with van der Waals surface area (Å²) in [6, 6.07) is 0. The van der Waals surface area contributed by atoms with Crippen LogP contribution in [0, 0.1) is 0 Å². The van der Waals surface area contributed by atoms with Gasteiger partial charge in [-0.2, -0.15) is 0 Å². The largest absolute Gasteiger partial charge is 0.244 e. The van der Waals surface area contributed by atoms with Gasteiger partial charge < -0.3 is 0 Å². The van der Waals surface area contributed by atoms with Crippen LogP contribution in [0.3, 0.4) is 0 Å². The Hall–Kier alpha value is -1.58. The van der Waals surface area contributed by atoms with Crippen LogP contribution < -0.4 is 0 Å². The van der Waals surface area contributed by atoms with Crippen molar-refractivity contribution < 1.29 is 0 Å². The molecular weight excluding hydrogens is 176 g/mol. The predicted molar refractivity (Wildman–Crippen MR) is 53.9 cm³/mol. The SMILES string of the molecule is CCc1nc(CC)c2cncnc2n1. The maximum atomic E-state index is 4.45. The Morgan fingerprint density at radius 3 is 2.71 bits per heavy atom. The molecule has 0 bridgehead atoms. The van der Waals surface area contributed by atoms with Crippen LogP contribution in [-0.2, 0) is 12.8 Å². The quantitative estimate of drug-likeness (QED) is 0.717. The first-order valence-electron chi connectivity index (χ1n) is 4.80. The Kier molecular flexibility index (Phi) is 2.35. The zero-order chi connectivity index (χ0) is 9.97. The average molecular weight is 188 g/mol. The molecule has 0 aliphatic carbocycles. The molecule has 0 atom stereocenters. The van der Waals surface area contributed by atoms with Gasteiger partial charge in [0.2, 0.25) is 0 Å². The molecular formula is C10H12N4. The minimum absolute atomic E-state index is 0.753. The second kappa shape index (κ2) is 3.65. The maximum absolute atomic E-state index is 4.45. The summed E-state index contributed by atoms with van der Waals surface area (Å²) < 4.78 is 0. The van der Waals surface area contributed by atoms with E-state index in [0.717, 1.165) is 35.4 Å². The topological polar surface area (TPSA) is 51.6 Å². The predicted octanol–water partition coefficient (Wildman–Crippen LogP) is 1.54. The van der Waals surface area contributed by atoms with Gasteiger partial charge in [-0.05, 0) is 6.42 Å². The molecule has 14 heavy (non-hydrogen) atoms. The summed E-state index contributed by atoms with van der Waals surface area (Å²) in [7, 11) is 0. The molecule has 2 aromatic heterocycles. The van der Waals surface area contributed by atoms with E-state index in [2.05, 4.69) is 26.9 Å². The lowest BCUT2D eigenvalue weighted by molar-refractivity contribution is 0.902. The minimum Gasteiger partial charge on any atom is -0.244 e. The molecule has 2 aromatic rings. The Morgan fingerprint density at radius 2 is 2.00 bits per heavy atom. The zero-order valence-corrected chi connectivity index (χ0v) is 8.36. The second-order valence-corrected chi connectivity index (χ2v) is 3.05.